The van der Waals surface area contributed by atoms with Crippen molar-refractivity contribution in [3.63, 3.8) is 0 Å². The summed E-state index contributed by atoms with van der Waals surface area (Å²) < 4.78 is 4.00. The SMILES string of the molecule is CCNC(Cc1cccc(Cl)c1Cl)c1snnc1C. The van der Waals surface area contributed by atoms with Gasteiger partial charge in [-0.15, -0.1) is 5.10 Å². The van der Waals surface area contributed by atoms with E-state index in [1.165, 1.54) is 11.5 Å². The van der Waals surface area contributed by atoms with Crippen molar-refractivity contribution < 1.29 is 0 Å². The van der Waals surface area contributed by atoms with Crippen molar-refractivity contribution in [2.24, 2.45) is 0 Å². The maximum absolute atomic E-state index is 6.25. The molecule has 0 aliphatic carbocycles. The molecule has 1 unspecified atom stereocenters. The average molecular weight is 316 g/mol. The maximum Gasteiger partial charge on any atom is 0.0772 e. The molecule has 0 bridgehead atoms. The standard InChI is InChI=1S/C13H15Cl2N3S/c1-3-16-11(13-8(2)17-18-19-13)7-9-5-4-6-10(14)12(9)15/h4-6,11,16H,3,7H2,1-2H3. The van der Waals surface area contributed by atoms with E-state index in [1.807, 2.05) is 19.1 Å². The molecule has 0 saturated carbocycles. The van der Waals surface area contributed by atoms with Crippen LogP contribution in [0.3, 0.4) is 0 Å². The van der Waals surface area contributed by atoms with Crippen molar-refractivity contribution in [3.8, 4) is 0 Å². The molecule has 0 radical (unpaired) electrons. The van der Waals surface area contributed by atoms with E-state index in [0.29, 0.717) is 10.0 Å². The highest BCUT2D eigenvalue weighted by Crippen LogP contribution is 2.30. The molecule has 102 valence electrons. The van der Waals surface area contributed by atoms with Crippen molar-refractivity contribution in [2.75, 3.05) is 6.54 Å². The number of aryl methyl sites for hydroxylation is 1. The van der Waals surface area contributed by atoms with Crippen LogP contribution in [0.2, 0.25) is 10.0 Å². The van der Waals surface area contributed by atoms with E-state index >= 15 is 0 Å². The minimum Gasteiger partial charge on any atom is -0.309 e. The zero-order valence-electron chi connectivity index (χ0n) is 10.8. The first-order valence-corrected chi connectivity index (χ1v) is 7.61. The second kappa shape index (κ2) is 6.66. The summed E-state index contributed by atoms with van der Waals surface area (Å²) in [5.41, 5.74) is 2.00. The van der Waals surface area contributed by atoms with Crippen molar-refractivity contribution in [3.05, 3.63) is 44.4 Å². The second-order valence-corrected chi connectivity index (χ2v) is 5.82. The molecule has 6 heteroatoms. The number of likely N-dealkylation sites (N-methyl/N-ethyl adjacent to an activating group) is 1. The van der Waals surface area contributed by atoms with Crippen LogP contribution in [0.15, 0.2) is 18.2 Å². The van der Waals surface area contributed by atoms with Crippen LogP contribution in [-0.4, -0.2) is 16.1 Å². The monoisotopic (exact) mass is 315 g/mol. The summed E-state index contributed by atoms with van der Waals surface area (Å²) >= 11 is 13.7. The molecule has 19 heavy (non-hydrogen) atoms. The van der Waals surface area contributed by atoms with Gasteiger partial charge < -0.3 is 5.32 Å². The van der Waals surface area contributed by atoms with Gasteiger partial charge in [-0.3, -0.25) is 0 Å². The van der Waals surface area contributed by atoms with E-state index in [0.717, 1.165) is 29.1 Å². The van der Waals surface area contributed by atoms with Crippen molar-refractivity contribution in [1.82, 2.24) is 14.9 Å². The maximum atomic E-state index is 6.25. The van der Waals surface area contributed by atoms with E-state index in [4.69, 9.17) is 23.2 Å². The zero-order valence-corrected chi connectivity index (χ0v) is 13.1. The molecule has 0 amide bonds. The second-order valence-electron chi connectivity index (χ2n) is 4.25. The van der Waals surface area contributed by atoms with Gasteiger partial charge >= 0.3 is 0 Å². The van der Waals surface area contributed by atoms with Gasteiger partial charge in [-0.2, -0.15) is 0 Å². The Morgan fingerprint density at radius 1 is 1.37 bits per heavy atom. The summed E-state index contributed by atoms with van der Waals surface area (Å²) in [6, 6.07) is 5.89. The number of hydrogen-bond acceptors (Lipinski definition) is 4. The van der Waals surface area contributed by atoms with Crippen LogP contribution in [0.4, 0.5) is 0 Å². The predicted molar refractivity (Wildman–Crippen MR) is 81.2 cm³/mol. The molecule has 0 aliphatic rings. The van der Waals surface area contributed by atoms with Gasteiger partial charge in [0.05, 0.1) is 20.6 Å². The fraction of sp³-hybridized carbons (Fsp3) is 0.385. The van der Waals surface area contributed by atoms with Gasteiger partial charge in [-0.1, -0.05) is 46.7 Å². The largest absolute Gasteiger partial charge is 0.309 e. The van der Waals surface area contributed by atoms with Crippen molar-refractivity contribution in [1.29, 1.82) is 0 Å². The molecule has 0 saturated heterocycles. The molecule has 0 aliphatic heterocycles. The first kappa shape index (κ1) is 14.7. The molecule has 1 heterocycles. The van der Waals surface area contributed by atoms with Gasteiger partial charge in [0.2, 0.25) is 0 Å². The van der Waals surface area contributed by atoms with E-state index in [2.05, 4.69) is 21.8 Å². The minimum absolute atomic E-state index is 0.168. The number of nitrogens with zero attached hydrogens (tertiary/aromatic N) is 2. The third-order valence-electron chi connectivity index (χ3n) is 2.91. The number of hydrogen-bond donors (Lipinski definition) is 1. The normalized spacial score (nSPS) is 12.6. The summed E-state index contributed by atoms with van der Waals surface area (Å²) in [6.07, 6.45) is 0.776. The molecule has 0 spiro atoms. The number of benzene rings is 1. The van der Waals surface area contributed by atoms with Gasteiger partial charge in [0.25, 0.3) is 0 Å². The molecule has 1 aromatic carbocycles. The summed E-state index contributed by atoms with van der Waals surface area (Å²) in [5.74, 6) is 0. The Kier molecular flexibility index (Phi) is 5.16. The first-order valence-electron chi connectivity index (χ1n) is 6.08. The third kappa shape index (κ3) is 3.45. The first-order chi connectivity index (χ1) is 9.13. The highest BCUT2D eigenvalue weighted by atomic mass is 35.5. The van der Waals surface area contributed by atoms with Crippen LogP contribution >= 0.6 is 34.7 Å². The fourth-order valence-electron chi connectivity index (χ4n) is 1.99. The Morgan fingerprint density at radius 2 is 2.16 bits per heavy atom. The van der Waals surface area contributed by atoms with Crippen molar-refractivity contribution in [2.45, 2.75) is 26.3 Å². The Morgan fingerprint density at radius 3 is 2.79 bits per heavy atom. The zero-order chi connectivity index (χ0) is 13.8. The van der Waals surface area contributed by atoms with E-state index in [1.54, 1.807) is 6.07 Å². The molecule has 2 rings (SSSR count). The molecular formula is C13H15Cl2N3S. The molecule has 1 atom stereocenters. The summed E-state index contributed by atoms with van der Waals surface area (Å²) in [6.45, 7) is 4.93. The predicted octanol–water partition coefficient (Wildman–Crippen LogP) is 4.05. The minimum atomic E-state index is 0.168. The third-order valence-corrected chi connectivity index (χ3v) is 4.71. The molecular weight excluding hydrogens is 301 g/mol. The average Bonchev–Trinajstić information content (AvgIpc) is 2.80. The lowest BCUT2D eigenvalue weighted by Gasteiger charge is -2.17. The Bertz CT molecular complexity index is 557. The van der Waals surface area contributed by atoms with Crippen LogP contribution in [0.5, 0.6) is 0 Å². The smallest absolute Gasteiger partial charge is 0.0772 e. The number of aromatic nitrogens is 2. The van der Waals surface area contributed by atoms with Crippen LogP contribution in [0.25, 0.3) is 0 Å². The van der Waals surface area contributed by atoms with Crippen LogP contribution in [0, 0.1) is 6.92 Å². The summed E-state index contributed by atoms with van der Waals surface area (Å²) in [7, 11) is 0. The lowest BCUT2D eigenvalue weighted by molar-refractivity contribution is 0.555. The number of halogens is 2. The van der Waals surface area contributed by atoms with E-state index < -0.39 is 0 Å². The Labute approximate surface area is 127 Å². The highest BCUT2D eigenvalue weighted by Gasteiger charge is 2.18. The van der Waals surface area contributed by atoms with Crippen LogP contribution in [-0.2, 0) is 6.42 Å². The molecule has 2 aromatic rings. The van der Waals surface area contributed by atoms with Gasteiger partial charge in [-0.05, 0) is 43.1 Å². The number of rotatable bonds is 5. The quantitative estimate of drug-likeness (QED) is 0.904. The van der Waals surface area contributed by atoms with Gasteiger partial charge in [0.1, 0.15) is 0 Å². The number of nitrogens with one attached hydrogen (secondary N) is 1. The molecule has 0 fully saturated rings. The van der Waals surface area contributed by atoms with E-state index in [-0.39, 0.29) is 6.04 Å². The Hall–Kier alpha value is -0.680. The molecule has 3 nitrogen and oxygen atoms in total. The van der Waals surface area contributed by atoms with Gasteiger partial charge in [-0.25, -0.2) is 0 Å². The Balaban J connectivity index is 2.27. The molecule has 1 aromatic heterocycles. The van der Waals surface area contributed by atoms with Gasteiger partial charge in [0.15, 0.2) is 0 Å². The topological polar surface area (TPSA) is 37.8 Å². The molecule has 1 N–H and O–H groups in total. The van der Waals surface area contributed by atoms with Crippen LogP contribution in [0.1, 0.15) is 29.1 Å². The fourth-order valence-corrected chi connectivity index (χ4v) is 3.10. The summed E-state index contributed by atoms with van der Waals surface area (Å²) in [4.78, 5) is 1.15. The summed E-state index contributed by atoms with van der Waals surface area (Å²) in [5, 5.41) is 8.74. The van der Waals surface area contributed by atoms with Gasteiger partial charge in [0, 0.05) is 6.04 Å². The highest BCUT2D eigenvalue weighted by molar-refractivity contribution is 7.05. The lowest BCUT2D eigenvalue weighted by atomic mass is 10.0. The van der Waals surface area contributed by atoms with Crippen LogP contribution < -0.4 is 5.32 Å². The lowest BCUT2D eigenvalue weighted by Crippen LogP contribution is -2.23. The van der Waals surface area contributed by atoms with E-state index in [9.17, 15) is 0 Å². The van der Waals surface area contributed by atoms with Crippen molar-refractivity contribution >= 4 is 34.7 Å².